The lowest BCUT2D eigenvalue weighted by Gasteiger charge is -2.32. The first-order valence-corrected chi connectivity index (χ1v) is 11.2. The summed E-state index contributed by atoms with van der Waals surface area (Å²) in [7, 11) is 0. The van der Waals surface area contributed by atoms with E-state index in [0.717, 1.165) is 43.8 Å². The van der Waals surface area contributed by atoms with Crippen LogP contribution in [0.5, 0.6) is 0 Å². The van der Waals surface area contributed by atoms with Crippen molar-refractivity contribution in [2.45, 2.75) is 44.7 Å². The number of hydrogen-bond donors (Lipinski definition) is 0. The molecule has 1 atom stereocenters. The lowest BCUT2D eigenvalue weighted by atomic mass is 9.81. The van der Waals surface area contributed by atoms with Crippen molar-refractivity contribution in [3.05, 3.63) is 59.4 Å². The molecule has 1 saturated heterocycles. The van der Waals surface area contributed by atoms with Gasteiger partial charge in [0.1, 0.15) is 28.7 Å². The zero-order chi connectivity index (χ0) is 22.9. The number of carbonyl (C=O) groups is 1. The van der Waals surface area contributed by atoms with Crippen molar-refractivity contribution < 1.29 is 18.4 Å². The van der Waals surface area contributed by atoms with Crippen LogP contribution in [0.4, 0.5) is 8.78 Å². The van der Waals surface area contributed by atoms with Crippen LogP contribution in [0.2, 0.25) is 0 Å². The third kappa shape index (κ3) is 4.44. The Kier molecular flexibility index (Phi) is 5.77. The number of nitrogens with zero attached hydrogens (tertiary/aromatic N) is 5. The van der Waals surface area contributed by atoms with E-state index in [0.29, 0.717) is 35.6 Å². The number of pyridine rings is 1. The predicted molar refractivity (Wildman–Crippen MR) is 114 cm³/mol. The zero-order valence-electron chi connectivity index (χ0n) is 18.0. The van der Waals surface area contributed by atoms with E-state index in [1.54, 1.807) is 6.07 Å². The molecular formula is C24H23F2N5O2. The first-order valence-electron chi connectivity index (χ1n) is 11.2. The number of nitriles is 1. The average Bonchev–Trinajstić information content (AvgIpc) is 3.44. The fraction of sp³-hybridized carbons (Fsp3) is 0.417. The molecule has 9 heteroatoms. The molecule has 1 aliphatic carbocycles. The fourth-order valence-electron chi connectivity index (χ4n) is 4.90. The van der Waals surface area contributed by atoms with Crippen molar-refractivity contribution in [2.24, 2.45) is 11.8 Å². The van der Waals surface area contributed by atoms with Crippen molar-refractivity contribution in [2.75, 3.05) is 6.61 Å². The molecule has 0 unspecified atom stereocenters. The summed E-state index contributed by atoms with van der Waals surface area (Å²) in [5.41, 5.74) is 2.36. The van der Waals surface area contributed by atoms with E-state index >= 15 is 0 Å². The highest BCUT2D eigenvalue weighted by molar-refractivity contribution is 5.78. The van der Waals surface area contributed by atoms with E-state index in [1.807, 2.05) is 10.9 Å². The monoisotopic (exact) mass is 451 g/mol. The van der Waals surface area contributed by atoms with Gasteiger partial charge in [-0.2, -0.15) is 10.4 Å². The number of hydrogen-bond acceptors (Lipinski definition) is 5. The summed E-state index contributed by atoms with van der Waals surface area (Å²) in [5, 5.41) is 14.9. The standard InChI is InChI=1S/C24H23F2N5O2/c25-19-8-18(9-20(26)10-19)23-5-6-33-31(23)24(32)17-3-1-15(2-4-17)13-30-14-22-21(29-30)7-16(11-27)12-28-22/h7-10,12,14-15,17,23H,1-6,13H2/t15-,17-,23-/m0/s1. The number of amides is 1. The summed E-state index contributed by atoms with van der Waals surface area (Å²) in [4.78, 5) is 23.0. The molecule has 0 bridgehead atoms. The fourth-order valence-corrected chi connectivity index (χ4v) is 4.90. The van der Waals surface area contributed by atoms with Crippen LogP contribution in [0.3, 0.4) is 0 Å². The molecule has 2 fully saturated rings. The van der Waals surface area contributed by atoms with Gasteiger partial charge >= 0.3 is 0 Å². The number of fused-ring (bicyclic) bond motifs is 1. The molecule has 2 aromatic heterocycles. The lowest BCUT2D eigenvalue weighted by Crippen LogP contribution is -2.37. The van der Waals surface area contributed by atoms with Gasteiger partial charge in [0.25, 0.3) is 0 Å². The summed E-state index contributed by atoms with van der Waals surface area (Å²) < 4.78 is 29.2. The van der Waals surface area contributed by atoms with Crippen LogP contribution < -0.4 is 0 Å². The summed E-state index contributed by atoms with van der Waals surface area (Å²) in [6, 6.07) is 6.69. The number of hydroxylamine groups is 2. The summed E-state index contributed by atoms with van der Waals surface area (Å²) in [6.45, 7) is 1.07. The maximum atomic E-state index is 13.7. The quantitative estimate of drug-likeness (QED) is 0.591. The molecule has 0 N–H and O–H groups in total. The molecule has 3 heterocycles. The van der Waals surface area contributed by atoms with Crippen molar-refractivity contribution >= 4 is 16.9 Å². The van der Waals surface area contributed by atoms with Gasteiger partial charge in [-0.1, -0.05) is 0 Å². The van der Waals surface area contributed by atoms with Crippen LogP contribution in [0.15, 0.2) is 36.7 Å². The Morgan fingerprint density at radius 2 is 1.85 bits per heavy atom. The minimum atomic E-state index is -0.657. The van der Waals surface area contributed by atoms with Gasteiger partial charge in [-0.3, -0.25) is 19.3 Å². The smallest absolute Gasteiger partial charge is 0.249 e. The molecule has 5 rings (SSSR count). The lowest BCUT2D eigenvalue weighted by molar-refractivity contribution is -0.183. The minimum absolute atomic E-state index is 0.112. The topological polar surface area (TPSA) is 84.0 Å². The Balaban J connectivity index is 1.21. The average molecular weight is 451 g/mol. The van der Waals surface area contributed by atoms with Gasteiger partial charge in [-0.25, -0.2) is 13.8 Å². The first kappa shape index (κ1) is 21.5. The van der Waals surface area contributed by atoms with Crippen molar-refractivity contribution in [1.29, 1.82) is 5.26 Å². The second kappa shape index (κ2) is 8.87. The second-order valence-electron chi connectivity index (χ2n) is 8.81. The highest BCUT2D eigenvalue weighted by Crippen LogP contribution is 2.37. The van der Waals surface area contributed by atoms with Gasteiger partial charge in [0, 0.05) is 31.1 Å². The van der Waals surface area contributed by atoms with Gasteiger partial charge in [0.15, 0.2) is 0 Å². The van der Waals surface area contributed by atoms with E-state index in [2.05, 4.69) is 16.2 Å². The number of benzene rings is 1. The molecule has 0 radical (unpaired) electrons. The number of rotatable bonds is 4. The van der Waals surface area contributed by atoms with E-state index in [-0.39, 0.29) is 11.8 Å². The second-order valence-corrected chi connectivity index (χ2v) is 8.81. The van der Waals surface area contributed by atoms with E-state index in [9.17, 15) is 13.6 Å². The van der Waals surface area contributed by atoms with Gasteiger partial charge in [-0.05, 0) is 55.4 Å². The third-order valence-electron chi connectivity index (χ3n) is 6.57. The minimum Gasteiger partial charge on any atom is -0.272 e. The number of aromatic nitrogens is 3. The normalized spacial score (nSPS) is 23.1. The Morgan fingerprint density at radius 1 is 1.09 bits per heavy atom. The van der Waals surface area contributed by atoms with Crippen LogP contribution in [-0.2, 0) is 16.2 Å². The highest BCUT2D eigenvalue weighted by atomic mass is 19.1. The zero-order valence-corrected chi connectivity index (χ0v) is 18.0. The van der Waals surface area contributed by atoms with E-state index in [1.165, 1.54) is 23.4 Å². The van der Waals surface area contributed by atoms with Crippen LogP contribution in [-0.4, -0.2) is 32.3 Å². The van der Waals surface area contributed by atoms with E-state index in [4.69, 9.17) is 10.1 Å². The van der Waals surface area contributed by atoms with Crippen LogP contribution >= 0.6 is 0 Å². The molecule has 1 aliphatic heterocycles. The van der Waals surface area contributed by atoms with Crippen molar-refractivity contribution in [3.8, 4) is 6.07 Å². The third-order valence-corrected chi connectivity index (χ3v) is 6.57. The van der Waals surface area contributed by atoms with Crippen LogP contribution in [0.25, 0.3) is 11.0 Å². The first-order chi connectivity index (χ1) is 16.0. The molecule has 1 saturated carbocycles. The van der Waals surface area contributed by atoms with Crippen molar-refractivity contribution in [1.82, 2.24) is 19.8 Å². The molecule has 1 amide bonds. The molecular weight excluding hydrogens is 428 g/mol. The largest absolute Gasteiger partial charge is 0.272 e. The maximum Gasteiger partial charge on any atom is 0.249 e. The van der Waals surface area contributed by atoms with Gasteiger partial charge < -0.3 is 0 Å². The Labute approximate surface area is 189 Å². The maximum absolute atomic E-state index is 13.7. The molecule has 33 heavy (non-hydrogen) atoms. The van der Waals surface area contributed by atoms with Gasteiger partial charge in [-0.15, -0.1) is 0 Å². The van der Waals surface area contributed by atoms with Crippen molar-refractivity contribution in [3.63, 3.8) is 0 Å². The van der Waals surface area contributed by atoms with Gasteiger partial charge in [0.2, 0.25) is 5.91 Å². The van der Waals surface area contributed by atoms with E-state index < -0.39 is 17.7 Å². The Bertz CT molecular complexity index is 1210. The molecule has 170 valence electrons. The summed E-state index contributed by atoms with van der Waals surface area (Å²) in [5.74, 6) is -1.22. The summed E-state index contributed by atoms with van der Waals surface area (Å²) in [6.07, 6.45) is 7.13. The predicted octanol–water partition coefficient (Wildman–Crippen LogP) is 4.29. The molecule has 2 aliphatic rings. The number of halogens is 2. The Morgan fingerprint density at radius 3 is 2.58 bits per heavy atom. The van der Waals surface area contributed by atoms with Gasteiger partial charge in [0.05, 0.1) is 24.4 Å². The van der Waals surface area contributed by atoms with Crippen LogP contribution in [0.1, 0.15) is 49.3 Å². The SMILES string of the molecule is N#Cc1cnc2cn(C[C@H]3CC[C@H](C(=O)N4OCC[C@H]4c4cc(F)cc(F)c4)CC3)nc2c1. The molecule has 7 nitrogen and oxygen atoms in total. The molecule has 1 aromatic carbocycles. The highest BCUT2D eigenvalue weighted by Gasteiger charge is 2.37. The van der Waals surface area contributed by atoms with Crippen LogP contribution in [0, 0.1) is 34.8 Å². The number of carbonyl (C=O) groups excluding carboxylic acids is 1. The Hall–Kier alpha value is -3.38. The summed E-state index contributed by atoms with van der Waals surface area (Å²) >= 11 is 0. The molecule has 3 aromatic rings. The molecule has 0 spiro atoms.